The van der Waals surface area contributed by atoms with Gasteiger partial charge in [0, 0.05) is 24.0 Å². The number of rotatable bonds is 8. The van der Waals surface area contributed by atoms with Gasteiger partial charge in [-0.3, -0.25) is 14.6 Å². The summed E-state index contributed by atoms with van der Waals surface area (Å²) in [6.45, 7) is 7.55. The molecule has 0 saturated heterocycles. The van der Waals surface area contributed by atoms with Crippen LogP contribution in [-0.4, -0.2) is 39.3 Å². The zero-order valence-electron chi connectivity index (χ0n) is 16.8. The number of aromatic nitrogens is 2. The molecule has 156 valence electrons. The van der Waals surface area contributed by atoms with E-state index >= 15 is 0 Å². The summed E-state index contributed by atoms with van der Waals surface area (Å²) in [4.78, 5) is 34.9. The van der Waals surface area contributed by atoms with Crippen molar-refractivity contribution in [2.75, 3.05) is 11.9 Å². The topological polar surface area (TPSA) is 84.4 Å². The van der Waals surface area contributed by atoms with E-state index in [1.54, 1.807) is 12.1 Å². The molecular formula is C22H23FN4O3. The molecule has 0 bridgehead atoms. The quantitative estimate of drug-likeness (QED) is 0.721. The fraction of sp³-hybridized carbons (Fsp3) is 0.273. The van der Waals surface area contributed by atoms with E-state index in [-0.39, 0.29) is 35.8 Å². The predicted molar refractivity (Wildman–Crippen MR) is 111 cm³/mol. The lowest BCUT2D eigenvalue weighted by Crippen LogP contribution is -2.46. The van der Waals surface area contributed by atoms with E-state index in [0.717, 1.165) is 0 Å². The summed E-state index contributed by atoms with van der Waals surface area (Å²) in [5.41, 5.74) is 0.301. The van der Waals surface area contributed by atoms with Gasteiger partial charge in [0.1, 0.15) is 11.8 Å². The molecule has 1 atom stereocenters. The van der Waals surface area contributed by atoms with Gasteiger partial charge >= 0.3 is 0 Å². The Hall–Kier alpha value is -3.55. The molecule has 1 aliphatic rings. The van der Waals surface area contributed by atoms with Crippen LogP contribution in [0.15, 0.2) is 55.2 Å². The lowest BCUT2D eigenvalue weighted by Gasteiger charge is -2.28. The second-order valence-electron chi connectivity index (χ2n) is 7.27. The number of nitrogens with zero attached hydrogens (tertiary/aromatic N) is 3. The Morgan fingerprint density at radius 1 is 1.40 bits per heavy atom. The van der Waals surface area contributed by atoms with Gasteiger partial charge in [-0.15, -0.1) is 0 Å². The number of anilines is 1. The zero-order valence-corrected chi connectivity index (χ0v) is 16.8. The number of carbonyl (C=O) groups is 2. The maximum absolute atomic E-state index is 14.4. The Kier molecular flexibility index (Phi) is 6.56. The van der Waals surface area contributed by atoms with Crippen LogP contribution in [-0.2, 0) is 9.59 Å². The number of amides is 2. The average molecular weight is 410 g/mol. The molecule has 0 radical (unpaired) electrons. The van der Waals surface area contributed by atoms with Gasteiger partial charge in [0.25, 0.3) is 5.91 Å². The van der Waals surface area contributed by atoms with Crippen LogP contribution in [0.25, 0.3) is 6.08 Å². The Labute approximate surface area is 174 Å². The highest BCUT2D eigenvalue weighted by atomic mass is 19.1. The van der Waals surface area contributed by atoms with Crippen LogP contribution in [0.5, 0.6) is 5.75 Å². The molecule has 30 heavy (non-hydrogen) atoms. The first-order chi connectivity index (χ1) is 14.4. The van der Waals surface area contributed by atoms with E-state index < -0.39 is 11.9 Å². The monoisotopic (exact) mass is 410 g/mol. The lowest BCUT2D eigenvalue weighted by atomic mass is 10.0. The SMILES string of the molecule is C=Cc1cccc(OC2=CC(=O)N([C@@H](CC(C)C)C(=O)Nc3cnccn3)C2)c1F. The number of carbonyl (C=O) groups excluding carboxylic acids is 2. The van der Waals surface area contributed by atoms with Gasteiger partial charge in [0.15, 0.2) is 17.4 Å². The lowest BCUT2D eigenvalue weighted by molar-refractivity contribution is -0.133. The van der Waals surface area contributed by atoms with Crippen molar-refractivity contribution in [3.63, 3.8) is 0 Å². The second kappa shape index (κ2) is 9.30. The smallest absolute Gasteiger partial charge is 0.251 e. The standard InChI is InChI=1S/C22H23FN4O3/c1-4-15-6-5-7-18(21(15)23)30-16-11-20(28)27(13-16)17(10-14(2)3)22(29)26-19-12-24-8-9-25-19/h4-9,11-12,14,17H,1,10,13H2,2-3H3,(H,25,26,29)/t17-/m0/s1. The summed E-state index contributed by atoms with van der Waals surface area (Å²) in [6, 6.07) is 3.95. The van der Waals surface area contributed by atoms with Gasteiger partial charge in [0.2, 0.25) is 5.91 Å². The minimum Gasteiger partial charge on any atom is -0.457 e. The van der Waals surface area contributed by atoms with E-state index in [2.05, 4.69) is 21.9 Å². The van der Waals surface area contributed by atoms with Gasteiger partial charge in [-0.25, -0.2) is 9.37 Å². The first kappa shape index (κ1) is 21.2. The molecule has 8 heteroatoms. The Balaban J connectivity index is 1.75. The third-order valence-corrected chi connectivity index (χ3v) is 4.54. The van der Waals surface area contributed by atoms with Gasteiger partial charge in [-0.1, -0.05) is 38.6 Å². The Morgan fingerprint density at radius 2 is 2.20 bits per heavy atom. The summed E-state index contributed by atoms with van der Waals surface area (Å²) in [5.74, 6) is -0.577. The summed E-state index contributed by atoms with van der Waals surface area (Å²) in [6.07, 6.45) is 7.51. The van der Waals surface area contributed by atoms with Crippen LogP contribution >= 0.6 is 0 Å². The molecule has 7 nitrogen and oxygen atoms in total. The van der Waals surface area contributed by atoms with Crippen LogP contribution in [0.1, 0.15) is 25.8 Å². The van der Waals surface area contributed by atoms with Crippen LogP contribution in [0, 0.1) is 11.7 Å². The van der Waals surface area contributed by atoms with Crippen molar-refractivity contribution in [1.29, 1.82) is 0 Å². The number of hydrogen-bond donors (Lipinski definition) is 1. The van der Waals surface area contributed by atoms with Crippen molar-refractivity contribution in [3.05, 3.63) is 66.6 Å². The molecule has 2 aromatic rings. The number of benzene rings is 1. The molecule has 3 rings (SSSR count). The maximum Gasteiger partial charge on any atom is 0.251 e. The van der Waals surface area contributed by atoms with Crippen molar-refractivity contribution in [1.82, 2.24) is 14.9 Å². The van der Waals surface area contributed by atoms with Gasteiger partial charge in [-0.05, 0) is 18.4 Å². The van der Waals surface area contributed by atoms with Crippen molar-refractivity contribution >= 4 is 23.7 Å². The zero-order chi connectivity index (χ0) is 21.7. The fourth-order valence-electron chi connectivity index (χ4n) is 3.14. The van der Waals surface area contributed by atoms with Crippen molar-refractivity contribution in [2.24, 2.45) is 5.92 Å². The van der Waals surface area contributed by atoms with Crippen molar-refractivity contribution < 1.29 is 18.7 Å². The van der Waals surface area contributed by atoms with E-state index in [4.69, 9.17) is 4.74 Å². The molecule has 0 fully saturated rings. The average Bonchev–Trinajstić information content (AvgIpc) is 3.08. The Bertz CT molecular complexity index is 976. The highest BCUT2D eigenvalue weighted by Crippen LogP contribution is 2.26. The summed E-state index contributed by atoms with van der Waals surface area (Å²) in [7, 11) is 0. The fourth-order valence-corrected chi connectivity index (χ4v) is 3.14. The molecule has 0 spiro atoms. The molecule has 0 aliphatic carbocycles. The minimum absolute atomic E-state index is 0.00211. The minimum atomic E-state index is -0.735. The summed E-state index contributed by atoms with van der Waals surface area (Å²) < 4.78 is 20.0. The normalized spacial score (nSPS) is 14.5. The third-order valence-electron chi connectivity index (χ3n) is 4.54. The van der Waals surface area contributed by atoms with E-state index in [1.807, 2.05) is 13.8 Å². The number of hydrogen-bond acceptors (Lipinski definition) is 5. The molecular weight excluding hydrogens is 387 g/mol. The van der Waals surface area contributed by atoms with Crippen LogP contribution < -0.4 is 10.1 Å². The van der Waals surface area contributed by atoms with Crippen LogP contribution in [0.4, 0.5) is 10.2 Å². The number of ether oxygens (including phenoxy) is 1. The number of halogens is 1. The maximum atomic E-state index is 14.4. The van der Waals surface area contributed by atoms with E-state index in [1.165, 1.54) is 41.7 Å². The van der Waals surface area contributed by atoms with Gasteiger partial charge in [-0.2, -0.15) is 0 Å². The van der Waals surface area contributed by atoms with E-state index in [0.29, 0.717) is 17.8 Å². The molecule has 0 unspecified atom stereocenters. The van der Waals surface area contributed by atoms with Crippen molar-refractivity contribution in [2.45, 2.75) is 26.3 Å². The summed E-state index contributed by atoms with van der Waals surface area (Å²) >= 11 is 0. The van der Waals surface area contributed by atoms with Crippen molar-refractivity contribution in [3.8, 4) is 5.75 Å². The first-order valence-corrected chi connectivity index (χ1v) is 9.56. The molecule has 1 aromatic carbocycles. The highest BCUT2D eigenvalue weighted by Gasteiger charge is 2.35. The molecule has 2 heterocycles. The van der Waals surface area contributed by atoms with Crippen LogP contribution in [0.3, 0.4) is 0 Å². The molecule has 1 N–H and O–H groups in total. The van der Waals surface area contributed by atoms with Crippen LogP contribution in [0.2, 0.25) is 0 Å². The Morgan fingerprint density at radius 3 is 2.87 bits per heavy atom. The van der Waals surface area contributed by atoms with E-state index in [9.17, 15) is 14.0 Å². The molecule has 0 saturated carbocycles. The largest absolute Gasteiger partial charge is 0.457 e. The highest BCUT2D eigenvalue weighted by molar-refractivity contribution is 5.99. The first-order valence-electron chi connectivity index (χ1n) is 9.56. The van der Waals surface area contributed by atoms with Gasteiger partial charge in [0.05, 0.1) is 12.7 Å². The summed E-state index contributed by atoms with van der Waals surface area (Å²) in [5, 5.41) is 2.69. The third kappa shape index (κ3) is 4.89. The molecule has 1 aliphatic heterocycles. The number of nitrogens with one attached hydrogen (secondary N) is 1. The second-order valence-corrected chi connectivity index (χ2v) is 7.27. The van der Waals surface area contributed by atoms with Gasteiger partial charge < -0.3 is 15.0 Å². The molecule has 1 aromatic heterocycles. The predicted octanol–water partition coefficient (Wildman–Crippen LogP) is 3.42. The molecule has 2 amide bonds.